The number of nitrogens with zero attached hydrogens (tertiary/aromatic N) is 1. The van der Waals surface area contributed by atoms with E-state index in [0.717, 1.165) is 6.08 Å². The highest BCUT2D eigenvalue weighted by molar-refractivity contribution is 5.03. The molecule has 0 amide bonds. The van der Waals surface area contributed by atoms with Crippen LogP contribution in [-0.4, -0.2) is 5.11 Å². The third kappa shape index (κ3) is 2.83. The molecule has 0 aliphatic heterocycles. The second-order valence-electron chi connectivity index (χ2n) is 0.698. The van der Waals surface area contributed by atoms with Crippen LogP contribution in [0.25, 0.3) is 0 Å². The molecule has 0 aromatic rings. The van der Waals surface area contributed by atoms with Crippen molar-refractivity contribution in [3.63, 3.8) is 0 Å². The Bertz CT molecular complexity index is 95.9. The van der Waals surface area contributed by atoms with Crippen molar-refractivity contribution >= 4 is 0 Å². The summed E-state index contributed by atoms with van der Waals surface area (Å²) < 4.78 is 0. The Hall–Kier alpha value is -1.17. The van der Waals surface area contributed by atoms with Gasteiger partial charge in [-0.25, -0.2) is 0 Å². The van der Waals surface area contributed by atoms with E-state index >= 15 is 0 Å². The molecule has 0 unspecified atom stereocenters. The average molecular weight is 84.1 g/mol. The lowest BCUT2D eigenvalue weighted by atomic mass is 10.6. The maximum absolute atomic E-state index is 7.97. The van der Waals surface area contributed by atoms with E-state index in [2.05, 4.69) is 5.73 Å². The summed E-state index contributed by atoms with van der Waals surface area (Å²) >= 11 is 0. The van der Waals surface area contributed by atoms with Crippen molar-refractivity contribution in [1.82, 2.24) is 0 Å². The fourth-order valence-corrected chi connectivity index (χ4v) is 0.0661. The van der Waals surface area contributed by atoms with E-state index < -0.39 is 5.88 Å². The smallest absolute Gasteiger partial charge is 0.192 e. The van der Waals surface area contributed by atoms with Crippen molar-refractivity contribution < 1.29 is 5.11 Å². The molecule has 0 aliphatic carbocycles. The number of hydrogen-bond acceptors (Lipinski definition) is 3. The molecule has 0 aliphatic rings. The Morgan fingerprint density at radius 3 is 2.50 bits per heavy atom. The van der Waals surface area contributed by atoms with Crippen LogP contribution in [0, 0.1) is 11.3 Å². The monoisotopic (exact) mass is 84.0 g/mol. The normalized spacial score (nSPS) is 10.2. The summed E-state index contributed by atoms with van der Waals surface area (Å²) in [6.07, 6.45) is 0.847. The minimum absolute atomic E-state index is 0.447. The molecule has 0 spiro atoms. The Balaban J connectivity index is 3.51. The highest BCUT2D eigenvalue weighted by atomic mass is 16.3. The van der Waals surface area contributed by atoms with Crippen LogP contribution in [0.1, 0.15) is 0 Å². The van der Waals surface area contributed by atoms with E-state index in [9.17, 15) is 0 Å². The summed E-state index contributed by atoms with van der Waals surface area (Å²) in [7, 11) is 0. The Morgan fingerprint density at radius 2 is 2.50 bits per heavy atom. The second kappa shape index (κ2) is 2.09. The zero-order chi connectivity index (χ0) is 4.99. The molecule has 0 fully saturated rings. The van der Waals surface area contributed by atoms with Crippen molar-refractivity contribution in [2.24, 2.45) is 5.73 Å². The molecule has 0 aromatic carbocycles. The van der Waals surface area contributed by atoms with Crippen molar-refractivity contribution in [2.45, 2.75) is 0 Å². The largest absolute Gasteiger partial charge is 0.494 e. The minimum Gasteiger partial charge on any atom is -0.494 e. The fourth-order valence-electron chi connectivity index (χ4n) is 0.0661. The Labute approximate surface area is 35.3 Å². The average Bonchev–Trinajstić information content (AvgIpc) is 1.35. The highest BCUT2D eigenvalue weighted by Crippen LogP contribution is 1.66. The molecule has 3 heteroatoms. The van der Waals surface area contributed by atoms with Crippen LogP contribution in [0.15, 0.2) is 12.0 Å². The molecule has 0 atom stereocenters. The molecule has 0 aromatic heterocycles. The van der Waals surface area contributed by atoms with Gasteiger partial charge in [-0.2, -0.15) is 5.26 Å². The quantitative estimate of drug-likeness (QED) is 0.317. The number of nitrogens with two attached hydrogens (primary N) is 1. The van der Waals surface area contributed by atoms with Crippen LogP contribution >= 0.6 is 0 Å². The number of hydrogen-bond donors (Lipinski definition) is 2. The van der Waals surface area contributed by atoms with Gasteiger partial charge in [0.05, 0.1) is 12.1 Å². The predicted molar refractivity (Wildman–Crippen MR) is 20.5 cm³/mol. The lowest BCUT2D eigenvalue weighted by Crippen LogP contribution is -1.91. The van der Waals surface area contributed by atoms with Gasteiger partial charge in [0, 0.05) is 0 Å². The molecule has 0 rings (SSSR count). The molecular formula is C3H4N2O. The summed E-state index contributed by atoms with van der Waals surface area (Å²) in [4.78, 5) is 0. The summed E-state index contributed by atoms with van der Waals surface area (Å²) in [6, 6.07) is 1.53. The lowest BCUT2D eigenvalue weighted by Gasteiger charge is -1.75. The van der Waals surface area contributed by atoms with E-state index in [4.69, 9.17) is 10.4 Å². The third-order valence-corrected chi connectivity index (χ3v) is 0.212. The summed E-state index contributed by atoms with van der Waals surface area (Å²) in [5.74, 6) is -0.447. The first-order valence-corrected chi connectivity index (χ1v) is 1.31. The Kier molecular flexibility index (Phi) is 1.68. The molecule has 3 nitrogen and oxygen atoms in total. The summed E-state index contributed by atoms with van der Waals surface area (Å²) in [6.45, 7) is 0. The first kappa shape index (κ1) is 4.83. The lowest BCUT2D eigenvalue weighted by molar-refractivity contribution is 0.406. The van der Waals surface area contributed by atoms with Gasteiger partial charge in [-0.15, -0.1) is 0 Å². The van der Waals surface area contributed by atoms with Crippen molar-refractivity contribution in [3.8, 4) is 6.07 Å². The van der Waals surface area contributed by atoms with Gasteiger partial charge in [-0.05, 0) is 0 Å². The molecule has 3 N–H and O–H groups in total. The number of aliphatic hydroxyl groups excluding tert-OH is 1. The second-order valence-corrected chi connectivity index (χ2v) is 0.698. The van der Waals surface area contributed by atoms with Gasteiger partial charge in [0.2, 0.25) is 0 Å². The maximum atomic E-state index is 7.97. The van der Waals surface area contributed by atoms with Crippen LogP contribution in [0.3, 0.4) is 0 Å². The Morgan fingerprint density at radius 1 is 2.00 bits per heavy atom. The standard InChI is InChI=1S/C3H4N2O/c4-2-1-3(5)6/h1,6H,5H2/b3-1-. The first-order valence-electron chi connectivity index (χ1n) is 1.31. The number of rotatable bonds is 0. The zero-order valence-corrected chi connectivity index (χ0v) is 3.05. The number of allylic oxidation sites excluding steroid dienone is 1. The van der Waals surface area contributed by atoms with E-state index in [1.165, 1.54) is 6.07 Å². The molecule has 6 heavy (non-hydrogen) atoms. The molecule has 0 bridgehead atoms. The van der Waals surface area contributed by atoms with Gasteiger partial charge >= 0.3 is 0 Å². The van der Waals surface area contributed by atoms with Crippen molar-refractivity contribution in [1.29, 1.82) is 5.26 Å². The summed E-state index contributed by atoms with van der Waals surface area (Å²) in [5.41, 5.74) is 4.60. The fraction of sp³-hybridized carbons (Fsp3) is 0. The van der Waals surface area contributed by atoms with E-state index in [-0.39, 0.29) is 0 Å². The number of aliphatic hydroxyl groups is 1. The van der Waals surface area contributed by atoms with Crippen LogP contribution in [0.5, 0.6) is 0 Å². The topological polar surface area (TPSA) is 70.0 Å². The molecular weight excluding hydrogens is 80.0 g/mol. The van der Waals surface area contributed by atoms with Crippen LogP contribution in [-0.2, 0) is 0 Å². The summed E-state index contributed by atoms with van der Waals surface area (Å²) in [5, 5.41) is 15.6. The van der Waals surface area contributed by atoms with Crippen molar-refractivity contribution in [3.05, 3.63) is 12.0 Å². The minimum atomic E-state index is -0.447. The van der Waals surface area contributed by atoms with Gasteiger partial charge in [0.15, 0.2) is 5.88 Å². The molecule has 32 valence electrons. The van der Waals surface area contributed by atoms with Gasteiger partial charge in [-0.3, -0.25) is 0 Å². The van der Waals surface area contributed by atoms with E-state index in [0.29, 0.717) is 0 Å². The van der Waals surface area contributed by atoms with Crippen LogP contribution < -0.4 is 5.73 Å². The van der Waals surface area contributed by atoms with Crippen LogP contribution in [0.4, 0.5) is 0 Å². The molecule has 0 heterocycles. The zero-order valence-electron chi connectivity index (χ0n) is 3.05. The van der Waals surface area contributed by atoms with Gasteiger partial charge in [-0.1, -0.05) is 0 Å². The van der Waals surface area contributed by atoms with Crippen molar-refractivity contribution in [2.75, 3.05) is 0 Å². The van der Waals surface area contributed by atoms with Gasteiger partial charge in [0.1, 0.15) is 0 Å². The van der Waals surface area contributed by atoms with E-state index in [1.54, 1.807) is 0 Å². The van der Waals surface area contributed by atoms with Gasteiger partial charge < -0.3 is 10.8 Å². The van der Waals surface area contributed by atoms with Crippen LogP contribution in [0.2, 0.25) is 0 Å². The first-order chi connectivity index (χ1) is 2.77. The third-order valence-electron chi connectivity index (χ3n) is 0.212. The van der Waals surface area contributed by atoms with E-state index in [1.807, 2.05) is 0 Å². The predicted octanol–water partition coefficient (Wildman–Crippen LogP) is -0.132. The van der Waals surface area contributed by atoms with Gasteiger partial charge in [0.25, 0.3) is 0 Å². The highest BCUT2D eigenvalue weighted by Gasteiger charge is 1.69. The SMILES string of the molecule is N#C/C=C(/N)O. The molecule has 0 saturated heterocycles. The molecule has 0 saturated carbocycles. The maximum Gasteiger partial charge on any atom is 0.192 e. The number of nitriles is 1. The molecule has 0 radical (unpaired) electrons.